The van der Waals surface area contributed by atoms with Gasteiger partial charge >= 0.3 is 0 Å². The molecule has 9 nitrogen and oxygen atoms in total. The summed E-state index contributed by atoms with van der Waals surface area (Å²) in [5, 5.41) is 50.0. The molecule has 0 atom stereocenters. The van der Waals surface area contributed by atoms with E-state index in [0.717, 1.165) is 0 Å². The molecule has 0 heterocycles. The van der Waals surface area contributed by atoms with Gasteiger partial charge in [-0.05, 0) is 25.4 Å². The maximum absolute atomic E-state index is 8.33. The van der Waals surface area contributed by atoms with Gasteiger partial charge in [-0.25, -0.2) is 0 Å². The second-order valence-electron chi connectivity index (χ2n) is 1.16. The van der Waals surface area contributed by atoms with Crippen LogP contribution in [0.4, 0.5) is 14.4 Å². The molecule has 0 unspecified atom stereocenters. The van der Waals surface area contributed by atoms with Crippen molar-refractivity contribution in [3.63, 3.8) is 0 Å². The number of allylic oxidation sites excluding steroid dienone is 1. The third kappa shape index (κ3) is 175. The predicted molar refractivity (Wildman–Crippen MR) is 32.1 cm³/mol. The fourth-order valence-electron chi connectivity index (χ4n) is 0. The van der Waals surface area contributed by atoms with Crippen LogP contribution in [0.15, 0.2) is 12.7 Å². The largest absolute Gasteiger partial charge is 0.652 e. The molecular formula is C6H6O9-6. The number of carboxylic acid groups (broad SMARTS) is 6. The minimum Gasteiger partial charge on any atom is -0.652 e. The van der Waals surface area contributed by atoms with Crippen LogP contribution in [-0.2, 0) is 0 Å². The topological polar surface area (TPSA) is 190 Å². The lowest BCUT2D eigenvalue weighted by atomic mass is 10.8. The summed E-state index contributed by atoms with van der Waals surface area (Å²) < 4.78 is 0. The molecule has 0 bridgehead atoms. The first-order chi connectivity index (χ1) is 6.61. The molecule has 0 aromatic heterocycles. The Kier molecular flexibility index (Phi) is 34.4. The third-order valence-corrected chi connectivity index (χ3v) is 0. The van der Waals surface area contributed by atoms with Crippen LogP contribution in [0.3, 0.4) is 0 Å². The summed E-state index contributed by atoms with van der Waals surface area (Å²) in [7, 11) is 0. The van der Waals surface area contributed by atoms with E-state index < -0.39 is 18.5 Å². The van der Waals surface area contributed by atoms with Gasteiger partial charge in [0.05, 0.1) is 0 Å². The minimum atomic E-state index is -2.33. The van der Waals surface area contributed by atoms with Crippen molar-refractivity contribution in [1.82, 2.24) is 0 Å². The molecule has 9 heteroatoms. The van der Waals surface area contributed by atoms with Crippen LogP contribution in [0, 0.1) is 0 Å². The summed E-state index contributed by atoms with van der Waals surface area (Å²) in [6.07, 6.45) is -5.25. The van der Waals surface area contributed by atoms with Gasteiger partial charge in [0.2, 0.25) is 0 Å². The zero-order chi connectivity index (χ0) is 13.4. The van der Waals surface area contributed by atoms with Gasteiger partial charge in [0, 0.05) is 0 Å². The van der Waals surface area contributed by atoms with Crippen molar-refractivity contribution < 1.29 is 45.0 Å². The fraction of sp³-hybridized carbons (Fsp3) is 0.167. The number of carbonyl (C=O) groups is 3. The lowest BCUT2D eigenvalue weighted by Gasteiger charge is -1.96. The van der Waals surface area contributed by atoms with E-state index in [4.69, 9.17) is 45.0 Å². The van der Waals surface area contributed by atoms with Crippen molar-refractivity contribution in [2.24, 2.45) is 0 Å². The quantitative estimate of drug-likeness (QED) is 0.358. The maximum atomic E-state index is 8.33. The number of hydrogen-bond acceptors (Lipinski definition) is 9. The molecule has 0 spiro atoms. The Bertz CT molecular complexity index is 145. The summed E-state index contributed by atoms with van der Waals surface area (Å²) in [6.45, 7) is 5.25. The molecule has 0 aliphatic heterocycles. The second kappa shape index (κ2) is 22.6. The SMILES string of the molecule is C=CC.O=C([O-])[O-].O=C([O-])[O-].O=C([O-])[O-]. The van der Waals surface area contributed by atoms with E-state index in [-0.39, 0.29) is 0 Å². The standard InChI is InChI=1S/C3H6.3CH2O3/c1-3-2;3*2-1(3)4/h3H,1H2,2H3;3*(H2,2,3,4)/p-6. The molecule has 0 aliphatic carbocycles. The Labute approximate surface area is 84.1 Å². The van der Waals surface area contributed by atoms with Gasteiger partial charge in [-0.1, -0.05) is 6.08 Å². The first kappa shape index (κ1) is 22.9. The molecular weight excluding hydrogens is 216 g/mol. The van der Waals surface area contributed by atoms with Gasteiger partial charge < -0.3 is 45.0 Å². The smallest absolute Gasteiger partial charge is 0.0431 e. The van der Waals surface area contributed by atoms with Crippen molar-refractivity contribution in [1.29, 1.82) is 0 Å². The fourth-order valence-corrected chi connectivity index (χ4v) is 0. The van der Waals surface area contributed by atoms with E-state index in [1.165, 1.54) is 0 Å². The van der Waals surface area contributed by atoms with E-state index in [2.05, 4.69) is 6.58 Å². The van der Waals surface area contributed by atoms with E-state index in [9.17, 15) is 0 Å². The molecule has 90 valence electrons. The molecule has 0 aliphatic rings. The minimum absolute atomic E-state index is 1.75. The molecule has 0 fully saturated rings. The van der Waals surface area contributed by atoms with Crippen molar-refractivity contribution >= 4 is 18.5 Å². The van der Waals surface area contributed by atoms with Gasteiger partial charge in [-0.2, -0.15) is 0 Å². The summed E-state index contributed by atoms with van der Waals surface area (Å²) in [5.41, 5.74) is 0. The average Bonchev–Trinajstić information content (AvgIpc) is 1.81. The van der Waals surface area contributed by atoms with Gasteiger partial charge in [0.25, 0.3) is 0 Å². The van der Waals surface area contributed by atoms with Crippen LogP contribution in [0.25, 0.3) is 0 Å². The molecule has 0 aromatic carbocycles. The lowest BCUT2D eigenvalue weighted by molar-refractivity contribution is -0.417. The van der Waals surface area contributed by atoms with Gasteiger partial charge in [0.1, 0.15) is 0 Å². The van der Waals surface area contributed by atoms with E-state index >= 15 is 0 Å². The van der Waals surface area contributed by atoms with Crippen molar-refractivity contribution in [2.45, 2.75) is 6.92 Å². The number of carbonyl (C=O) groups excluding carboxylic acids is 3. The summed E-state index contributed by atoms with van der Waals surface area (Å²) in [6, 6.07) is 0. The van der Waals surface area contributed by atoms with Crippen LogP contribution in [-0.4, -0.2) is 18.5 Å². The van der Waals surface area contributed by atoms with E-state index in [0.29, 0.717) is 0 Å². The Balaban J connectivity index is -0.0000000542. The molecule has 15 heavy (non-hydrogen) atoms. The molecule has 0 N–H and O–H groups in total. The predicted octanol–water partition coefficient (Wildman–Crippen LogP) is -6.15. The molecule has 0 rings (SSSR count). The molecule has 0 saturated heterocycles. The van der Waals surface area contributed by atoms with Gasteiger partial charge in [-0.15, -0.1) is 6.58 Å². The summed E-state index contributed by atoms with van der Waals surface area (Å²) >= 11 is 0. The van der Waals surface area contributed by atoms with Crippen molar-refractivity contribution in [2.75, 3.05) is 0 Å². The highest BCUT2D eigenvalue weighted by Crippen LogP contribution is 1.38. The summed E-state index contributed by atoms with van der Waals surface area (Å²) in [4.78, 5) is 25.0. The Morgan fingerprint density at radius 1 is 0.800 bits per heavy atom. The van der Waals surface area contributed by atoms with Crippen LogP contribution < -0.4 is 30.6 Å². The Hall–Kier alpha value is -2.45. The van der Waals surface area contributed by atoms with E-state index in [1.54, 1.807) is 6.08 Å². The van der Waals surface area contributed by atoms with Crippen molar-refractivity contribution in [3.8, 4) is 0 Å². The average molecular weight is 222 g/mol. The molecule has 0 amide bonds. The van der Waals surface area contributed by atoms with Gasteiger partial charge in [0.15, 0.2) is 0 Å². The van der Waals surface area contributed by atoms with E-state index in [1.807, 2.05) is 6.92 Å². The first-order valence-corrected chi connectivity index (χ1v) is 2.82. The van der Waals surface area contributed by atoms with Gasteiger partial charge in [-0.3, -0.25) is 0 Å². The zero-order valence-corrected chi connectivity index (χ0v) is 7.46. The normalized spacial score (nSPS) is 5.67. The lowest BCUT2D eigenvalue weighted by Crippen LogP contribution is -2.37. The number of rotatable bonds is 0. The first-order valence-electron chi connectivity index (χ1n) is 2.82. The second-order valence-corrected chi connectivity index (χ2v) is 1.16. The highest BCUT2D eigenvalue weighted by Gasteiger charge is 1.27. The van der Waals surface area contributed by atoms with Crippen LogP contribution in [0.5, 0.6) is 0 Å². The monoisotopic (exact) mass is 222 g/mol. The van der Waals surface area contributed by atoms with Crippen LogP contribution >= 0.6 is 0 Å². The van der Waals surface area contributed by atoms with Crippen LogP contribution in [0.2, 0.25) is 0 Å². The van der Waals surface area contributed by atoms with Crippen LogP contribution in [0.1, 0.15) is 6.92 Å². The number of hydrogen-bond donors (Lipinski definition) is 0. The molecule has 0 radical (unpaired) electrons. The highest BCUT2D eigenvalue weighted by molar-refractivity contribution is 5.48. The Morgan fingerprint density at radius 3 is 0.800 bits per heavy atom. The highest BCUT2D eigenvalue weighted by atomic mass is 16.6. The zero-order valence-electron chi connectivity index (χ0n) is 7.46. The van der Waals surface area contributed by atoms with Crippen molar-refractivity contribution in [3.05, 3.63) is 12.7 Å². The molecule has 0 aromatic rings. The summed E-state index contributed by atoms with van der Waals surface area (Å²) in [5.74, 6) is 0. The molecule has 0 saturated carbocycles. The maximum Gasteiger partial charge on any atom is -0.0431 e. The third-order valence-electron chi connectivity index (χ3n) is 0. The Morgan fingerprint density at radius 2 is 0.800 bits per heavy atom.